The summed E-state index contributed by atoms with van der Waals surface area (Å²) in [5.74, 6) is 0.541. The summed E-state index contributed by atoms with van der Waals surface area (Å²) >= 11 is 0. The second kappa shape index (κ2) is 12.1. The number of allylic oxidation sites excluding steroid dienone is 4. The molecule has 0 aliphatic rings. The molecular formula is C24H29F3N4O3. The van der Waals surface area contributed by atoms with Gasteiger partial charge in [-0.15, -0.1) is 0 Å². The van der Waals surface area contributed by atoms with Crippen molar-refractivity contribution in [3.63, 3.8) is 0 Å². The predicted octanol–water partition coefficient (Wildman–Crippen LogP) is 4.45. The molecule has 184 valence electrons. The van der Waals surface area contributed by atoms with Crippen molar-refractivity contribution in [1.82, 2.24) is 14.1 Å². The van der Waals surface area contributed by atoms with Crippen LogP contribution in [-0.2, 0) is 19.5 Å². The highest BCUT2D eigenvalue weighted by atomic mass is 19.4. The zero-order valence-electron chi connectivity index (χ0n) is 19.5. The molecule has 0 unspecified atom stereocenters. The van der Waals surface area contributed by atoms with E-state index in [1.165, 1.54) is 16.7 Å². The second-order valence-electron chi connectivity index (χ2n) is 7.56. The maximum atomic E-state index is 13.1. The quantitative estimate of drug-likeness (QED) is 0.483. The van der Waals surface area contributed by atoms with E-state index in [2.05, 4.69) is 16.9 Å². The van der Waals surface area contributed by atoms with Crippen molar-refractivity contribution in [2.24, 2.45) is 0 Å². The Labute approximate surface area is 195 Å². The fourth-order valence-electron chi connectivity index (χ4n) is 3.06. The molecule has 0 fully saturated rings. The molecule has 0 atom stereocenters. The number of hydrogen-bond donors (Lipinski definition) is 1. The topological polar surface area (TPSA) is 78.2 Å². The molecule has 1 aromatic carbocycles. The van der Waals surface area contributed by atoms with E-state index in [-0.39, 0.29) is 24.7 Å². The molecule has 7 nitrogen and oxygen atoms in total. The van der Waals surface area contributed by atoms with Crippen LogP contribution in [0, 0.1) is 0 Å². The zero-order valence-corrected chi connectivity index (χ0v) is 19.5. The molecule has 0 radical (unpaired) electrons. The number of alkyl halides is 3. The number of benzene rings is 1. The van der Waals surface area contributed by atoms with Gasteiger partial charge in [0, 0.05) is 24.4 Å². The summed E-state index contributed by atoms with van der Waals surface area (Å²) in [6.07, 6.45) is 0.729. The summed E-state index contributed by atoms with van der Waals surface area (Å²) in [5, 5.41) is 2.70. The molecular weight excluding hydrogens is 449 g/mol. The SMILES string of the molecule is C=C/C=C(\C=C(/C)C(F)(F)F)Nc1nc(=O)n(CCCC)c(=O)n1CCc1ccc(OC)cc1. The summed E-state index contributed by atoms with van der Waals surface area (Å²) in [4.78, 5) is 29.7. The van der Waals surface area contributed by atoms with Gasteiger partial charge in [-0.1, -0.05) is 38.1 Å². The van der Waals surface area contributed by atoms with Gasteiger partial charge in [0.05, 0.1) is 7.11 Å². The van der Waals surface area contributed by atoms with Gasteiger partial charge in [0.1, 0.15) is 5.75 Å². The van der Waals surface area contributed by atoms with Gasteiger partial charge in [-0.05, 0) is 49.6 Å². The van der Waals surface area contributed by atoms with Crippen LogP contribution in [-0.4, -0.2) is 27.4 Å². The van der Waals surface area contributed by atoms with Crippen LogP contribution < -0.4 is 21.4 Å². The zero-order chi connectivity index (χ0) is 25.3. The molecule has 34 heavy (non-hydrogen) atoms. The van der Waals surface area contributed by atoms with Crippen LogP contribution in [0.3, 0.4) is 0 Å². The van der Waals surface area contributed by atoms with Gasteiger partial charge >= 0.3 is 17.6 Å². The van der Waals surface area contributed by atoms with E-state index >= 15 is 0 Å². The normalized spacial score (nSPS) is 12.5. The van der Waals surface area contributed by atoms with Crippen molar-refractivity contribution in [2.45, 2.75) is 52.4 Å². The third-order valence-corrected chi connectivity index (χ3v) is 5.04. The fourth-order valence-corrected chi connectivity index (χ4v) is 3.06. The van der Waals surface area contributed by atoms with Gasteiger partial charge in [-0.25, -0.2) is 14.2 Å². The number of anilines is 1. The Bertz CT molecular complexity index is 1160. The minimum absolute atomic E-state index is 0.0133. The van der Waals surface area contributed by atoms with E-state index in [0.717, 1.165) is 29.6 Å². The Morgan fingerprint density at radius 1 is 1.18 bits per heavy atom. The monoisotopic (exact) mass is 478 g/mol. The molecule has 2 rings (SSSR count). The summed E-state index contributed by atoms with van der Waals surface area (Å²) in [6, 6.07) is 7.26. The molecule has 10 heteroatoms. The van der Waals surface area contributed by atoms with Gasteiger partial charge in [0.2, 0.25) is 5.95 Å². The standard InChI is InChI=1S/C24H29F3N4O3/c1-5-7-14-31-22(32)29-21(28-19(8-6-2)16-17(3)24(25,26)27)30(23(31)33)15-13-18-9-11-20(34-4)12-10-18/h6,8-12,16H,2,5,7,13-15H2,1,3-4H3,(H,28,29,32)/b17-16+,19-8+. The summed E-state index contributed by atoms with van der Waals surface area (Å²) in [6.45, 7) is 6.72. The average Bonchev–Trinajstić information content (AvgIpc) is 2.78. The number of hydrogen-bond acceptors (Lipinski definition) is 5. The van der Waals surface area contributed by atoms with Crippen molar-refractivity contribution in [1.29, 1.82) is 0 Å². The van der Waals surface area contributed by atoms with Gasteiger partial charge in [0.15, 0.2) is 0 Å². The minimum atomic E-state index is -4.53. The van der Waals surface area contributed by atoms with Gasteiger partial charge in [-0.2, -0.15) is 18.2 Å². The third kappa shape index (κ3) is 7.23. The number of aryl methyl sites for hydroxylation is 1. The summed E-state index contributed by atoms with van der Waals surface area (Å²) in [5.41, 5.74) is -1.33. The summed E-state index contributed by atoms with van der Waals surface area (Å²) in [7, 11) is 1.56. The van der Waals surface area contributed by atoms with Crippen molar-refractivity contribution >= 4 is 5.95 Å². The van der Waals surface area contributed by atoms with Gasteiger partial charge in [0.25, 0.3) is 0 Å². The molecule has 0 spiro atoms. The third-order valence-electron chi connectivity index (χ3n) is 5.04. The van der Waals surface area contributed by atoms with E-state index in [1.54, 1.807) is 19.2 Å². The maximum Gasteiger partial charge on any atom is 0.412 e. The molecule has 0 aliphatic heterocycles. The van der Waals surface area contributed by atoms with Gasteiger partial charge in [-0.3, -0.25) is 4.57 Å². The Morgan fingerprint density at radius 2 is 1.85 bits per heavy atom. The van der Waals surface area contributed by atoms with Crippen LogP contribution in [0.2, 0.25) is 0 Å². The van der Waals surface area contributed by atoms with Crippen LogP contribution in [0.25, 0.3) is 0 Å². The first-order valence-electron chi connectivity index (χ1n) is 10.8. The largest absolute Gasteiger partial charge is 0.497 e. The minimum Gasteiger partial charge on any atom is -0.497 e. The molecule has 0 amide bonds. The number of unbranched alkanes of at least 4 members (excludes halogenated alkanes) is 1. The number of nitrogens with one attached hydrogen (secondary N) is 1. The van der Waals surface area contributed by atoms with Crippen molar-refractivity contribution in [3.05, 3.63) is 86.9 Å². The van der Waals surface area contributed by atoms with Crippen LogP contribution in [0.5, 0.6) is 5.75 Å². The first kappa shape index (κ1) is 26.7. The highest BCUT2D eigenvalue weighted by molar-refractivity contribution is 5.43. The molecule has 1 aromatic heterocycles. The number of ether oxygens (including phenoxy) is 1. The molecule has 0 aliphatic carbocycles. The van der Waals surface area contributed by atoms with Crippen LogP contribution >= 0.6 is 0 Å². The molecule has 1 heterocycles. The van der Waals surface area contributed by atoms with E-state index in [9.17, 15) is 22.8 Å². The lowest BCUT2D eigenvalue weighted by molar-refractivity contribution is -0.0913. The van der Waals surface area contributed by atoms with Crippen molar-refractivity contribution < 1.29 is 17.9 Å². The Kier molecular flexibility index (Phi) is 9.47. The predicted molar refractivity (Wildman–Crippen MR) is 126 cm³/mol. The first-order valence-corrected chi connectivity index (χ1v) is 10.8. The fraction of sp³-hybridized carbons (Fsp3) is 0.375. The lowest BCUT2D eigenvalue weighted by Gasteiger charge is -2.17. The Balaban J connectivity index is 2.49. The highest BCUT2D eigenvalue weighted by Crippen LogP contribution is 2.26. The van der Waals surface area contributed by atoms with E-state index < -0.39 is 23.1 Å². The summed E-state index contributed by atoms with van der Waals surface area (Å²) < 4.78 is 46.6. The van der Waals surface area contributed by atoms with E-state index in [1.807, 2.05) is 19.1 Å². The van der Waals surface area contributed by atoms with E-state index in [0.29, 0.717) is 18.6 Å². The van der Waals surface area contributed by atoms with Crippen LogP contribution in [0.4, 0.5) is 19.1 Å². The lowest BCUT2D eigenvalue weighted by atomic mass is 10.1. The Hall–Kier alpha value is -3.56. The molecule has 0 saturated carbocycles. The van der Waals surface area contributed by atoms with Crippen LogP contribution in [0.15, 0.2) is 69.9 Å². The number of methoxy groups -OCH3 is 1. The second-order valence-corrected chi connectivity index (χ2v) is 7.56. The number of rotatable bonds is 11. The van der Waals surface area contributed by atoms with Crippen LogP contribution in [0.1, 0.15) is 32.3 Å². The molecule has 1 N–H and O–H groups in total. The number of aromatic nitrogens is 3. The van der Waals surface area contributed by atoms with Crippen molar-refractivity contribution in [3.8, 4) is 5.75 Å². The Morgan fingerprint density at radius 3 is 2.41 bits per heavy atom. The number of nitrogens with zero attached hydrogens (tertiary/aromatic N) is 3. The molecule has 2 aromatic rings. The molecule has 0 saturated heterocycles. The van der Waals surface area contributed by atoms with Crippen molar-refractivity contribution in [2.75, 3.05) is 12.4 Å². The maximum absolute atomic E-state index is 13.1. The lowest BCUT2D eigenvalue weighted by Crippen LogP contribution is -2.43. The molecule has 0 bridgehead atoms. The van der Waals surface area contributed by atoms with E-state index in [4.69, 9.17) is 4.74 Å². The first-order chi connectivity index (χ1) is 16.1. The smallest absolute Gasteiger partial charge is 0.412 e. The number of halogens is 3. The average molecular weight is 479 g/mol. The van der Waals surface area contributed by atoms with Gasteiger partial charge < -0.3 is 10.1 Å². The highest BCUT2D eigenvalue weighted by Gasteiger charge is 2.30.